The molecular formula is C21H37N5OS. The second-order valence-electron chi connectivity index (χ2n) is 7.82. The number of nitrogens with one attached hydrogen (secondary N) is 2. The largest absolute Gasteiger partial charge is 0.376 e. The number of hydrogen-bond donors (Lipinski definition) is 2. The smallest absolute Gasteiger partial charge is 0.191 e. The normalized spacial score (nSPS) is 26.2. The molecule has 3 atom stereocenters. The van der Waals surface area contributed by atoms with Crippen LogP contribution in [0.5, 0.6) is 0 Å². The SMILES string of the molecule is CCN1CCCCC1CNC(=NC)NCC(c1cccs1)N1CCOC(C)C1. The summed E-state index contributed by atoms with van der Waals surface area (Å²) in [6, 6.07) is 5.36. The van der Waals surface area contributed by atoms with Crippen LogP contribution >= 0.6 is 11.3 Å². The molecule has 0 aromatic carbocycles. The van der Waals surface area contributed by atoms with Crippen LogP contribution in [0, 0.1) is 0 Å². The number of likely N-dealkylation sites (N-methyl/N-ethyl adjacent to an activating group) is 1. The Hall–Kier alpha value is -1.15. The molecule has 3 rings (SSSR count). The lowest BCUT2D eigenvalue weighted by atomic mass is 10.0. The third-order valence-corrected chi connectivity index (χ3v) is 6.91. The van der Waals surface area contributed by atoms with E-state index < -0.39 is 0 Å². The van der Waals surface area contributed by atoms with Gasteiger partial charge in [0, 0.05) is 44.1 Å². The van der Waals surface area contributed by atoms with Gasteiger partial charge in [0.1, 0.15) is 0 Å². The van der Waals surface area contributed by atoms with Crippen LogP contribution in [-0.4, -0.2) is 80.8 Å². The summed E-state index contributed by atoms with van der Waals surface area (Å²) in [6.45, 7) is 11.4. The van der Waals surface area contributed by atoms with Crippen LogP contribution in [0.25, 0.3) is 0 Å². The lowest BCUT2D eigenvalue weighted by Crippen LogP contribution is -2.51. The highest BCUT2D eigenvalue weighted by atomic mass is 32.1. The lowest BCUT2D eigenvalue weighted by molar-refractivity contribution is -0.0334. The second kappa shape index (κ2) is 11.1. The van der Waals surface area contributed by atoms with Crippen LogP contribution in [0.4, 0.5) is 0 Å². The molecule has 0 aliphatic carbocycles. The van der Waals surface area contributed by atoms with Crippen molar-refractivity contribution in [1.29, 1.82) is 0 Å². The Labute approximate surface area is 174 Å². The highest BCUT2D eigenvalue weighted by Gasteiger charge is 2.27. The number of thiophene rings is 1. The highest BCUT2D eigenvalue weighted by Crippen LogP contribution is 2.26. The van der Waals surface area contributed by atoms with E-state index >= 15 is 0 Å². The zero-order chi connectivity index (χ0) is 19.8. The number of rotatable bonds is 7. The van der Waals surface area contributed by atoms with Crippen molar-refractivity contribution in [3.8, 4) is 0 Å². The van der Waals surface area contributed by atoms with Gasteiger partial charge in [0.05, 0.1) is 18.8 Å². The fourth-order valence-corrected chi connectivity index (χ4v) is 5.22. The highest BCUT2D eigenvalue weighted by molar-refractivity contribution is 7.10. The molecule has 7 heteroatoms. The van der Waals surface area contributed by atoms with Gasteiger partial charge in [-0.1, -0.05) is 19.4 Å². The number of piperidine rings is 1. The molecule has 158 valence electrons. The minimum absolute atomic E-state index is 0.292. The van der Waals surface area contributed by atoms with E-state index in [-0.39, 0.29) is 0 Å². The zero-order valence-corrected chi connectivity index (χ0v) is 18.5. The quantitative estimate of drug-likeness (QED) is 0.537. The first-order valence-electron chi connectivity index (χ1n) is 10.8. The first kappa shape index (κ1) is 21.6. The standard InChI is InChI=1S/C21H37N5OS/c1-4-25-10-6-5-8-18(25)14-23-21(22-3)24-15-19(20-9-7-13-28-20)26-11-12-27-17(2)16-26/h7,9,13,17-19H,4-6,8,10-12,14-16H2,1-3H3,(H2,22,23,24). The van der Waals surface area contributed by atoms with E-state index in [0.717, 1.165) is 45.3 Å². The van der Waals surface area contributed by atoms with E-state index in [1.165, 1.54) is 30.7 Å². The molecule has 0 radical (unpaired) electrons. The third kappa shape index (κ3) is 5.92. The van der Waals surface area contributed by atoms with Gasteiger partial charge < -0.3 is 15.4 Å². The summed E-state index contributed by atoms with van der Waals surface area (Å²) in [5.41, 5.74) is 0. The van der Waals surface area contributed by atoms with Gasteiger partial charge >= 0.3 is 0 Å². The van der Waals surface area contributed by atoms with Crippen LogP contribution in [0.2, 0.25) is 0 Å². The number of nitrogens with zero attached hydrogens (tertiary/aromatic N) is 3. The van der Waals surface area contributed by atoms with E-state index in [2.05, 4.69) is 56.8 Å². The van der Waals surface area contributed by atoms with Crippen molar-refractivity contribution in [2.24, 2.45) is 4.99 Å². The molecule has 0 amide bonds. The maximum absolute atomic E-state index is 5.75. The maximum Gasteiger partial charge on any atom is 0.191 e. The predicted molar refractivity (Wildman–Crippen MR) is 118 cm³/mol. The first-order valence-corrected chi connectivity index (χ1v) is 11.7. The molecule has 6 nitrogen and oxygen atoms in total. The lowest BCUT2D eigenvalue weighted by Gasteiger charge is -2.37. The minimum atomic E-state index is 0.292. The fraction of sp³-hybridized carbons (Fsp3) is 0.762. The Morgan fingerprint density at radius 1 is 1.36 bits per heavy atom. The molecule has 0 bridgehead atoms. The molecular weight excluding hydrogens is 370 g/mol. The van der Waals surface area contributed by atoms with E-state index in [0.29, 0.717) is 18.2 Å². The topological polar surface area (TPSA) is 52.1 Å². The van der Waals surface area contributed by atoms with Crippen LogP contribution in [0.3, 0.4) is 0 Å². The van der Waals surface area contributed by atoms with Gasteiger partial charge in [-0.05, 0) is 44.3 Å². The van der Waals surface area contributed by atoms with Crippen LogP contribution in [0.15, 0.2) is 22.5 Å². The van der Waals surface area contributed by atoms with Crippen molar-refractivity contribution in [2.45, 2.75) is 51.3 Å². The molecule has 0 saturated carbocycles. The van der Waals surface area contributed by atoms with Gasteiger partial charge in [-0.15, -0.1) is 11.3 Å². The van der Waals surface area contributed by atoms with Gasteiger partial charge in [-0.25, -0.2) is 0 Å². The summed E-state index contributed by atoms with van der Waals surface area (Å²) in [4.78, 5) is 11.0. The second-order valence-corrected chi connectivity index (χ2v) is 8.80. The maximum atomic E-state index is 5.75. The molecule has 2 saturated heterocycles. The van der Waals surface area contributed by atoms with Crippen LogP contribution in [-0.2, 0) is 4.74 Å². The summed E-state index contributed by atoms with van der Waals surface area (Å²) in [6.07, 6.45) is 4.24. The average molecular weight is 408 g/mol. The molecule has 2 aliphatic rings. The van der Waals surface area contributed by atoms with Crippen LogP contribution in [0.1, 0.15) is 44.0 Å². The van der Waals surface area contributed by atoms with Gasteiger partial charge in [-0.2, -0.15) is 0 Å². The molecule has 1 aromatic heterocycles. The Bertz CT molecular complexity index is 594. The Morgan fingerprint density at radius 3 is 2.96 bits per heavy atom. The van der Waals surface area contributed by atoms with Crippen molar-refractivity contribution in [3.63, 3.8) is 0 Å². The zero-order valence-electron chi connectivity index (χ0n) is 17.7. The molecule has 2 N–H and O–H groups in total. The van der Waals surface area contributed by atoms with Crippen LogP contribution < -0.4 is 10.6 Å². The van der Waals surface area contributed by atoms with E-state index in [1.807, 2.05) is 18.4 Å². The van der Waals surface area contributed by atoms with E-state index in [4.69, 9.17) is 4.74 Å². The number of guanidine groups is 1. The van der Waals surface area contributed by atoms with Crippen molar-refractivity contribution in [2.75, 3.05) is 52.9 Å². The summed E-state index contributed by atoms with van der Waals surface area (Å²) in [7, 11) is 1.87. The number of aliphatic imine (C=N–C) groups is 1. The van der Waals surface area contributed by atoms with Crippen molar-refractivity contribution in [3.05, 3.63) is 22.4 Å². The summed E-state index contributed by atoms with van der Waals surface area (Å²) >= 11 is 1.84. The monoisotopic (exact) mass is 407 g/mol. The van der Waals surface area contributed by atoms with Gasteiger partial charge in [0.2, 0.25) is 0 Å². The van der Waals surface area contributed by atoms with Gasteiger partial charge in [0.15, 0.2) is 5.96 Å². The van der Waals surface area contributed by atoms with Gasteiger partial charge in [0.25, 0.3) is 0 Å². The van der Waals surface area contributed by atoms with Crippen molar-refractivity contribution in [1.82, 2.24) is 20.4 Å². The fourth-order valence-electron chi connectivity index (χ4n) is 4.35. The molecule has 28 heavy (non-hydrogen) atoms. The van der Waals surface area contributed by atoms with E-state index in [9.17, 15) is 0 Å². The summed E-state index contributed by atoms with van der Waals surface area (Å²) < 4.78 is 5.75. The first-order chi connectivity index (χ1) is 13.7. The summed E-state index contributed by atoms with van der Waals surface area (Å²) in [5.74, 6) is 0.907. The van der Waals surface area contributed by atoms with Gasteiger partial charge in [-0.3, -0.25) is 14.8 Å². The predicted octanol–water partition coefficient (Wildman–Crippen LogP) is 2.55. The number of ether oxygens (including phenoxy) is 1. The average Bonchev–Trinajstić information content (AvgIpc) is 3.25. The molecule has 0 spiro atoms. The molecule has 3 heterocycles. The molecule has 2 aliphatic heterocycles. The van der Waals surface area contributed by atoms with Crippen molar-refractivity contribution >= 4 is 17.3 Å². The Kier molecular flexibility index (Phi) is 8.58. The molecule has 3 unspecified atom stereocenters. The Balaban J connectivity index is 1.55. The number of morpholine rings is 1. The number of likely N-dealkylation sites (tertiary alicyclic amines) is 1. The third-order valence-electron chi connectivity index (χ3n) is 5.93. The number of hydrogen-bond acceptors (Lipinski definition) is 5. The van der Waals surface area contributed by atoms with Crippen molar-refractivity contribution < 1.29 is 4.74 Å². The molecule has 1 aromatic rings. The summed E-state index contributed by atoms with van der Waals surface area (Å²) in [5, 5.41) is 9.33. The Morgan fingerprint density at radius 2 is 2.25 bits per heavy atom. The van der Waals surface area contributed by atoms with E-state index in [1.54, 1.807) is 0 Å². The molecule has 2 fully saturated rings. The minimum Gasteiger partial charge on any atom is -0.376 e.